The van der Waals surface area contributed by atoms with E-state index in [0.717, 1.165) is 27.8 Å². The minimum Gasteiger partial charge on any atom is -0.633 e. The molecule has 1 aliphatic rings. The summed E-state index contributed by atoms with van der Waals surface area (Å²) >= 11 is 0. The number of hydroxylamine groups is 3. The fourth-order valence-electron chi connectivity index (χ4n) is 2.78. The zero-order chi connectivity index (χ0) is 18.1. The molecule has 2 heteroatoms. The van der Waals surface area contributed by atoms with Gasteiger partial charge in [0.2, 0.25) is 0 Å². The smallest absolute Gasteiger partial charge is 0.0890 e. The zero-order valence-corrected chi connectivity index (χ0v) is 12.6. The Morgan fingerprint density at radius 1 is 1.00 bits per heavy atom. The van der Waals surface area contributed by atoms with Crippen LogP contribution in [0.2, 0.25) is 0 Å². The van der Waals surface area contributed by atoms with Crippen LogP contribution in [0, 0.1) is 5.21 Å². The average molecular weight is 294 g/mol. The van der Waals surface area contributed by atoms with Gasteiger partial charge in [0.1, 0.15) is 0 Å². The van der Waals surface area contributed by atoms with Crippen LogP contribution in [0.15, 0.2) is 54.6 Å². The molecule has 2 nitrogen and oxygen atoms in total. The summed E-state index contributed by atoms with van der Waals surface area (Å²) in [5.41, 5.74) is 5.46. The Bertz CT molecular complexity index is 783. The molecule has 112 valence electrons. The molecule has 0 amide bonds. The second-order valence-electron chi connectivity index (χ2n) is 5.74. The van der Waals surface area contributed by atoms with Crippen molar-refractivity contribution in [1.29, 1.82) is 0 Å². The second kappa shape index (κ2) is 5.91. The Morgan fingerprint density at radius 3 is 2.09 bits per heavy atom. The fraction of sp³-hybridized carbons (Fsp3) is 0.200. The third kappa shape index (κ3) is 3.19. The number of benzene rings is 2. The van der Waals surface area contributed by atoms with Crippen LogP contribution < -0.4 is 0 Å². The molecular weight excluding hydrogens is 270 g/mol. The molecule has 1 aliphatic carbocycles. The van der Waals surface area contributed by atoms with Crippen molar-refractivity contribution in [3.63, 3.8) is 0 Å². The molecule has 0 saturated heterocycles. The SMILES string of the molecule is [2H]C([2H])([2H])[N+](C)([O-])CCC=C1c2ccccc2C=Cc2ccccc21. The topological polar surface area (TPSA) is 23.1 Å². The van der Waals surface area contributed by atoms with Crippen LogP contribution in [-0.2, 0) is 0 Å². The van der Waals surface area contributed by atoms with E-state index in [-0.39, 0.29) is 6.54 Å². The van der Waals surface area contributed by atoms with Crippen molar-refractivity contribution in [1.82, 2.24) is 0 Å². The Kier molecular flexibility index (Phi) is 3.07. The van der Waals surface area contributed by atoms with Gasteiger partial charge in [0.25, 0.3) is 0 Å². The molecule has 0 aliphatic heterocycles. The number of rotatable bonds is 3. The lowest BCUT2D eigenvalue weighted by Gasteiger charge is -2.33. The predicted molar refractivity (Wildman–Crippen MR) is 93.9 cm³/mol. The van der Waals surface area contributed by atoms with Crippen LogP contribution in [0.4, 0.5) is 0 Å². The third-order valence-electron chi connectivity index (χ3n) is 3.85. The summed E-state index contributed by atoms with van der Waals surface area (Å²) in [5.74, 6) is 0. The van der Waals surface area contributed by atoms with Gasteiger partial charge < -0.3 is 9.85 Å². The van der Waals surface area contributed by atoms with E-state index in [1.807, 2.05) is 30.3 Å². The van der Waals surface area contributed by atoms with Crippen LogP contribution >= 0.6 is 0 Å². The third-order valence-corrected chi connectivity index (χ3v) is 3.85. The van der Waals surface area contributed by atoms with Crippen LogP contribution in [0.3, 0.4) is 0 Å². The lowest BCUT2D eigenvalue weighted by Crippen LogP contribution is -2.32. The van der Waals surface area contributed by atoms with Gasteiger partial charge in [-0.2, -0.15) is 0 Å². The Balaban J connectivity index is 1.99. The van der Waals surface area contributed by atoms with Crippen molar-refractivity contribution < 1.29 is 8.76 Å². The molecular formula is C20H21NO. The highest BCUT2D eigenvalue weighted by molar-refractivity contribution is 5.93. The summed E-state index contributed by atoms with van der Waals surface area (Å²) < 4.78 is 20.9. The van der Waals surface area contributed by atoms with Gasteiger partial charge in [-0.05, 0) is 27.8 Å². The Morgan fingerprint density at radius 2 is 1.55 bits per heavy atom. The van der Waals surface area contributed by atoms with Gasteiger partial charge >= 0.3 is 0 Å². The van der Waals surface area contributed by atoms with Gasteiger partial charge in [-0.25, -0.2) is 0 Å². The molecule has 0 heterocycles. The number of hydrogen-bond donors (Lipinski definition) is 0. The maximum atomic E-state index is 12.3. The van der Waals surface area contributed by atoms with Gasteiger partial charge in [-0.15, -0.1) is 0 Å². The summed E-state index contributed by atoms with van der Waals surface area (Å²) in [4.78, 5) is 0. The van der Waals surface area contributed by atoms with Gasteiger partial charge in [-0.3, -0.25) is 0 Å². The first-order valence-electron chi connectivity index (χ1n) is 8.93. The molecule has 3 rings (SSSR count). The van der Waals surface area contributed by atoms with Crippen molar-refractivity contribution >= 4 is 17.7 Å². The first kappa shape index (κ1) is 11.4. The van der Waals surface area contributed by atoms with Crippen molar-refractivity contribution in [2.75, 3.05) is 20.6 Å². The van der Waals surface area contributed by atoms with E-state index < -0.39 is 11.6 Å². The highest BCUT2D eigenvalue weighted by Gasteiger charge is 2.14. The van der Waals surface area contributed by atoms with E-state index in [0.29, 0.717) is 6.42 Å². The number of fused-ring (bicyclic) bond motifs is 2. The lowest BCUT2D eigenvalue weighted by atomic mass is 9.93. The van der Waals surface area contributed by atoms with Crippen molar-refractivity contribution in [3.05, 3.63) is 82.1 Å². The van der Waals surface area contributed by atoms with Crippen molar-refractivity contribution in [2.45, 2.75) is 6.42 Å². The van der Waals surface area contributed by atoms with Gasteiger partial charge in [0.05, 0.1) is 24.7 Å². The molecule has 1 atom stereocenters. The molecule has 0 saturated carbocycles. The molecule has 0 aromatic heterocycles. The highest BCUT2D eigenvalue weighted by atomic mass is 16.5. The van der Waals surface area contributed by atoms with E-state index >= 15 is 0 Å². The van der Waals surface area contributed by atoms with E-state index in [9.17, 15) is 5.21 Å². The normalized spacial score (nSPS) is 18.1. The summed E-state index contributed by atoms with van der Waals surface area (Å²) in [6.07, 6.45) is 6.57. The number of quaternary nitrogens is 1. The number of hydrogen-bond acceptors (Lipinski definition) is 1. The molecule has 0 bridgehead atoms. The van der Waals surface area contributed by atoms with Crippen molar-refractivity contribution in [3.8, 4) is 0 Å². The van der Waals surface area contributed by atoms with E-state index in [4.69, 9.17) is 4.11 Å². The lowest BCUT2D eigenvalue weighted by molar-refractivity contribution is -0.839. The quantitative estimate of drug-likeness (QED) is 0.513. The first-order chi connectivity index (χ1) is 11.8. The maximum absolute atomic E-state index is 12.3. The fourth-order valence-corrected chi connectivity index (χ4v) is 2.78. The van der Waals surface area contributed by atoms with Crippen molar-refractivity contribution in [2.24, 2.45) is 0 Å². The molecule has 1 unspecified atom stereocenters. The largest absolute Gasteiger partial charge is 0.633 e. The second-order valence-corrected chi connectivity index (χ2v) is 5.74. The molecule has 2 aromatic rings. The van der Waals surface area contributed by atoms with Crippen LogP contribution in [0.5, 0.6) is 0 Å². The molecule has 0 fully saturated rings. The summed E-state index contributed by atoms with van der Waals surface area (Å²) in [5, 5.41) is 12.3. The van der Waals surface area contributed by atoms with Crippen LogP contribution in [0.1, 0.15) is 32.8 Å². The van der Waals surface area contributed by atoms with Gasteiger partial charge in [0.15, 0.2) is 0 Å². The molecule has 0 spiro atoms. The van der Waals surface area contributed by atoms with Gasteiger partial charge in [-0.1, -0.05) is 66.8 Å². The summed E-state index contributed by atoms with van der Waals surface area (Å²) in [6.45, 7) is -2.54. The maximum Gasteiger partial charge on any atom is 0.0890 e. The van der Waals surface area contributed by atoms with E-state index in [1.165, 1.54) is 7.05 Å². The van der Waals surface area contributed by atoms with Gasteiger partial charge in [0, 0.05) is 6.42 Å². The summed E-state index contributed by atoms with van der Waals surface area (Å²) in [7, 11) is 1.21. The highest BCUT2D eigenvalue weighted by Crippen LogP contribution is 2.33. The zero-order valence-electron chi connectivity index (χ0n) is 15.6. The first-order valence-corrected chi connectivity index (χ1v) is 7.43. The Hall–Kier alpha value is -2.16. The van der Waals surface area contributed by atoms with E-state index in [2.05, 4.69) is 36.4 Å². The molecule has 2 aromatic carbocycles. The van der Waals surface area contributed by atoms with Crippen LogP contribution in [0.25, 0.3) is 17.7 Å². The molecule has 0 N–H and O–H groups in total. The average Bonchev–Trinajstić information content (AvgIpc) is 2.72. The monoisotopic (exact) mass is 294 g/mol. The standard InChI is InChI=1S/C20H21NO/c1-21(2,22)15-7-12-20-18-10-5-3-8-16(18)13-14-17-9-4-6-11-19(17)20/h3-6,8-14H,7,15H2,1-2H3/i1D3. The minimum atomic E-state index is -2.56. The molecule has 0 radical (unpaired) electrons. The number of nitrogens with zero attached hydrogens (tertiary/aromatic N) is 1. The summed E-state index contributed by atoms with van der Waals surface area (Å²) in [6, 6.07) is 16.2. The predicted octanol–water partition coefficient (Wildman–Crippen LogP) is 4.57. The van der Waals surface area contributed by atoms with E-state index in [1.54, 1.807) is 0 Å². The molecule has 22 heavy (non-hydrogen) atoms. The van der Waals surface area contributed by atoms with Crippen LogP contribution in [-0.4, -0.2) is 25.2 Å². The Labute approximate surface area is 136 Å². The minimum absolute atomic E-state index is 0.0117.